The van der Waals surface area contributed by atoms with Crippen LogP contribution in [0.25, 0.3) is 10.6 Å². The van der Waals surface area contributed by atoms with Gasteiger partial charge in [0.2, 0.25) is 0 Å². The predicted octanol–water partition coefficient (Wildman–Crippen LogP) is 3.07. The summed E-state index contributed by atoms with van der Waals surface area (Å²) in [4.78, 5) is 17.1. The number of para-hydroxylation sites is 2. The summed E-state index contributed by atoms with van der Waals surface area (Å²) in [5.74, 6) is 0.0345. The first-order chi connectivity index (χ1) is 14.7. The van der Waals surface area contributed by atoms with Crippen LogP contribution in [0.2, 0.25) is 0 Å². The molecule has 0 bridgehead atoms. The van der Waals surface area contributed by atoms with E-state index in [-0.39, 0.29) is 6.54 Å². The molecule has 0 aliphatic carbocycles. The predicted molar refractivity (Wildman–Crippen MR) is 119 cm³/mol. The molecular weight excluding hydrogens is 400 g/mol. The lowest BCUT2D eigenvalue weighted by Gasteiger charge is -2.36. The number of benzene rings is 1. The molecule has 158 valence electrons. The van der Waals surface area contributed by atoms with Gasteiger partial charge in [0.1, 0.15) is 12.3 Å². The van der Waals surface area contributed by atoms with Gasteiger partial charge >= 0.3 is 5.97 Å². The van der Waals surface area contributed by atoms with Gasteiger partial charge in [0.05, 0.1) is 29.6 Å². The van der Waals surface area contributed by atoms with Crippen LogP contribution in [0.4, 0.5) is 5.69 Å². The Morgan fingerprint density at radius 2 is 1.97 bits per heavy atom. The van der Waals surface area contributed by atoms with Gasteiger partial charge in [-0.05, 0) is 30.0 Å². The Balaban J connectivity index is 1.39. The first-order valence-corrected chi connectivity index (χ1v) is 10.9. The van der Waals surface area contributed by atoms with Crippen LogP contribution in [-0.4, -0.2) is 65.6 Å². The zero-order chi connectivity index (χ0) is 20.9. The van der Waals surface area contributed by atoms with Crippen molar-refractivity contribution in [2.75, 3.05) is 44.7 Å². The summed E-state index contributed by atoms with van der Waals surface area (Å²) in [6.07, 6.45) is 2.67. The van der Waals surface area contributed by atoms with E-state index in [0.29, 0.717) is 0 Å². The monoisotopic (exact) mass is 426 g/mol. The van der Waals surface area contributed by atoms with E-state index in [1.807, 2.05) is 41.9 Å². The highest BCUT2D eigenvalue weighted by Crippen LogP contribution is 2.30. The molecule has 1 N–H and O–H groups in total. The number of carbonyl (C=O) groups is 1. The number of aromatic nitrogens is 2. The van der Waals surface area contributed by atoms with E-state index in [4.69, 9.17) is 4.74 Å². The fourth-order valence-electron chi connectivity index (χ4n) is 3.94. The van der Waals surface area contributed by atoms with E-state index in [1.165, 1.54) is 0 Å². The van der Waals surface area contributed by atoms with E-state index < -0.39 is 5.97 Å². The van der Waals surface area contributed by atoms with Crippen molar-refractivity contribution < 1.29 is 14.6 Å². The van der Waals surface area contributed by atoms with Gasteiger partial charge in [-0.1, -0.05) is 18.2 Å². The number of aliphatic carboxylic acids is 1. The Labute approximate surface area is 180 Å². The number of carboxylic acid groups (broad SMARTS) is 1. The topological polar surface area (TPSA) is 70.8 Å². The maximum atomic E-state index is 11.2. The Bertz CT molecular complexity index is 978. The third-order valence-corrected chi connectivity index (χ3v) is 6.33. The fraction of sp³-hybridized carbons (Fsp3) is 0.364. The molecule has 1 saturated heterocycles. The average Bonchev–Trinajstić information content (AvgIpc) is 3.42. The first kappa shape index (κ1) is 20.4. The molecule has 1 aliphatic rings. The van der Waals surface area contributed by atoms with E-state index in [1.54, 1.807) is 23.1 Å². The summed E-state index contributed by atoms with van der Waals surface area (Å²) >= 11 is 1.61. The summed E-state index contributed by atoms with van der Waals surface area (Å²) in [7, 11) is 1.71. The Morgan fingerprint density at radius 1 is 1.17 bits per heavy atom. The highest BCUT2D eigenvalue weighted by Gasteiger charge is 2.21. The normalized spacial score (nSPS) is 14.8. The minimum absolute atomic E-state index is 0.120. The second kappa shape index (κ2) is 9.32. The number of piperazine rings is 1. The molecule has 0 saturated carbocycles. The lowest BCUT2D eigenvalue weighted by Crippen LogP contribution is -2.47. The number of thiophene rings is 1. The SMILES string of the molecule is COc1ccccc1N1CCN(CCc2cnn(CC(=O)O)c2-c2cccs2)CC1. The molecule has 0 unspecified atom stereocenters. The summed E-state index contributed by atoms with van der Waals surface area (Å²) in [5.41, 5.74) is 3.18. The molecular formula is C22H26N4O3S. The Morgan fingerprint density at radius 3 is 2.67 bits per heavy atom. The highest BCUT2D eigenvalue weighted by molar-refractivity contribution is 7.13. The molecule has 1 fully saturated rings. The van der Waals surface area contributed by atoms with Crippen molar-refractivity contribution in [2.45, 2.75) is 13.0 Å². The van der Waals surface area contributed by atoms with Gasteiger partial charge in [-0.3, -0.25) is 14.4 Å². The van der Waals surface area contributed by atoms with Gasteiger partial charge in [-0.2, -0.15) is 5.10 Å². The smallest absolute Gasteiger partial charge is 0.325 e. The summed E-state index contributed by atoms with van der Waals surface area (Å²) in [6, 6.07) is 12.2. The van der Waals surface area contributed by atoms with Crippen LogP contribution < -0.4 is 9.64 Å². The van der Waals surface area contributed by atoms with Crippen LogP contribution in [0.3, 0.4) is 0 Å². The van der Waals surface area contributed by atoms with Gasteiger partial charge in [0.15, 0.2) is 0 Å². The minimum atomic E-state index is -0.880. The van der Waals surface area contributed by atoms with Crippen molar-refractivity contribution in [3.63, 3.8) is 0 Å². The van der Waals surface area contributed by atoms with Gasteiger partial charge < -0.3 is 14.7 Å². The third-order valence-electron chi connectivity index (χ3n) is 5.45. The molecule has 3 heterocycles. The van der Waals surface area contributed by atoms with Gasteiger partial charge in [0.25, 0.3) is 0 Å². The van der Waals surface area contributed by atoms with Gasteiger partial charge in [-0.15, -0.1) is 11.3 Å². The lowest BCUT2D eigenvalue weighted by molar-refractivity contribution is -0.137. The van der Waals surface area contributed by atoms with Crippen LogP contribution in [0.1, 0.15) is 5.56 Å². The third kappa shape index (κ3) is 4.49. The molecule has 4 rings (SSSR count). The Kier molecular flexibility index (Phi) is 6.35. The maximum Gasteiger partial charge on any atom is 0.325 e. The fourth-order valence-corrected chi connectivity index (χ4v) is 4.74. The highest BCUT2D eigenvalue weighted by atomic mass is 32.1. The summed E-state index contributed by atoms with van der Waals surface area (Å²) in [6.45, 7) is 4.68. The average molecular weight is 427 g/mol. The molecule has 1 aromatic carbocycles. The minimum Gasteiger partial charge on any atom is -0.495 e. The van der Waals surface area contributed by atoms with Crippen molar-refractivity contribution in [1.82, 2.24) is 14.7 Å². The molecule has 0 spiro atoms. The molecule has 0 atom stereocenters. The van der Waals surface area contributed by atoms with E-state index in [0.717, 1.165) is 66.7 Å². The van der Waals surface area contributed by atoms with Crippen LogP contribution >= 0.6 is 11.3 Å². The van der Waals surface area contributed by atoms with Crippen molar-refractivity contribution in [2.24, 2.45) is 0 Å². The zero-order valence-corrected chi connectivity index (χ0v) is 17.8. The number of methoxy groups -OCH3 is 1. The van der Waals surface area contributed by atoms with Crippen LogP contribution in [-0.2, 0) is 17.8 Å². The molecule has 3 aromatic rings. The Hall–Kier alpha value is -2.84. The standard InChI is InChI=1S/C22H26N4O3S/c1-29-19-6-3-2-5-18(19)25-12-10-24(11-13-25)9-8-17-15-23-26(16-21(27)28)22(17)20-7-4-14-30-20/h2-7,14-15H,8-13,16H2,1H3,(H,27,28). The molecule has 0 radical (unpaired) electrons. The summed E-state index contributed by atoms with van der Waals surface area (Å²) < 4.78 is 7.10. The number of hydrogen-bond acceptors (Lipinski definition) is 6. The zero-order valence-electron chi connectivity index (χ0n) is 17.0. The molecule has 8 heteroatoms. The molecule has 1 aliphatic heterocycles. The van der Waals surface area contributed by atoms with Crippen molar-refractivity contribution >= 4 is 23.0 Å². The number of anilines is 1. The molecule has 2 aromatic heterocycles. The number of ether oxygens (including phenoxy) is 1. The van der Waals surface area contributed by atoms with E-state index >= 15 is 0 Å². The van der Waals surface area contributed by atoms with E-state index in [2.05, 4.69) is 21.0 Å². The van der Waals surface area contributed by atoms with Gasteiger partial charge in [-0.25, -0.2) is 0 Å². The number of rotatable bonds is 8. The van der Waals surface area contributed by atoms with Crippen LogP contribution in [0.15, 0.2) is 48.0 Å². The van der Waals surface area contributed by atoms with Crippen molar-refractivity contribution in [3.8, 4) is 16.3 Å². The van der Waals surface area contributed by atoms with Gasteiger partial charge in [0, 0.05) is 38.3 Å². The summed E-state index contributed by atoms with van der Waals surface area (Å²) in [5, 5.41) is 15.6. The molecule has 30 heavy (non-hydrogen) atoms. The number of nitrogens with zero attached hydrogens (tertiary/aromatic N) is 4. The second-order valence-corrected chi connectivity index (χ2v) is 8.25. The largest absolute Gasteiger partial charge is 0.495 e. The van der Waals surface area contributed by atoms with Crippen LogP contribution in [0.5, 0.6) is 5.75 Å². The van der Waals surface area contributed by atoms with Crippen LogP contribution in [0, 0.1) is 0 Å². The molecule has 0 amide bonds. The lowest BCUT2D eigenvalue weighted by atomic mass is 10.1. The maximum absolute atomic E-state index is 11.2. The van der Waals surface area contributed by atoms with E-state index in [9.17, 15) is 9.90 Å². The second-order valence-electron chi connectivity index (χ2n) is 7.30. The number of hydrogen-bond donors (Lipinski definition) is 1. The quantitative estimate of drug-likeness (QED) is 0.597. The molecule has 7 nitrogen and oxygen atoms in total. The van der Waals surface area contributed by atoms with Crippen molar-refractivity contribution in [3.05, 3.63) is 53.5 Å². The number of carboxylic acids is 1. The first-order valence-electron chi connectivity index (χ1n) is 10.1. The van der Waals surface area contributed by atoms with Crippen molar-refractivity contribution in [1.29, 1.82) is 0 Å².